The van der Waals surface area contributed by atoms with Crippen molar-refractivity contribution in [2.24, 2.45) is 9.98 Å². The molecule has 0 amide bonds. The Labute approximate surface area is 90.3 Å². The molecule has 0 unspecified atom stereocenters. The maximum absolute atomic E-state index is 10.6. The van der Waals surface area contributed by atoms with Gasteiger partial charge in [0.25, 0.3) is 5.69 Å². The van der Waals surface area contributed by atoms with Gasteiger partial charge in [0, 0.05) is 11.6 Å². The summed E-state index contributed by atoms with van der Waals surface area (Å²) < 4.78 is 0. The molecule has 0 spiro atoms. The number of nitro groups is 1. The summed E-state index contributed by atoms with van der Waals surface area (Å²) in [4.78, 5) is 18.0. The highest BCUT2D eigenvalue weighted by atomic mass is 35.5. The van der Waals surface area contributed by atoms with Crippen LogP contribution in [0.3, 0.4) is 0 Å². The van der Waals surface area contributed by atoms with Gasteiger partial charge in [-0.2, -0.15) is 0 Å². The molecule has 15 heavy (non-hydrogen) atoms. The minimum atomic E-state index is -0.512. The van der Waals surface area contributed by atoms with E-state index in [-0.39, 0.29) is 10.7 Å². The first-order chi connectivity index (χ1) is 7.18. The molecule has 0 aromatic heterocycles. The van der Waals surface area contributed by atoms with Crippen LogP contribution in [0.25, 0.3) is 0 Å². The fourth-order valence-corrected chi connectivity index (χ4v) is 1.46. The number of halogens is 1. The van der Waals surface area contributed by atoms with E-state index in [0.717, 1.165) is 5.71 Å². The third-order valence-electron chi connectivity index (χ3n) is 2.01. The van der Waals surface area contributed by atoms with Crippen LogP contribution in [0.5, 0.6) is 0 Å². The smallest absolute Gasteiger partial charge is 0.267 e. The van der Waals surface area contributed by atoms with Crippen molar-refractivity contribution < 1.29 is 4.92 Å². The molecule has 1 aromatic rings. The van der Waals surface area contributed by atoms with Gasteiger partial charge >= 0.3 is 0 Å². The number of nitrogens with zero attached hydrogens (tertiary/aromatic N) is 3. The molecule has 0 atom stereocenters. The van der Waals surface area contributed by atoms with Crippen molar-refractivity contribution in [1.82, 2.24) is 0 Å². The van der Waals surface area contributed by atoms with Gasteiger partial charge < -0.3 is 0 Å². The Bertz CT molecular complexity index is 482. The molecule has 0 fully saturated rings. The third-order valence-corrected chi connectivity index (χ3v) is 2.33. The first-order valence-corrected chi connectivity index (χ1v) is 4.55. The number of nitro benzene ring substituents is 1. The molecular formula is C9H6ClN3O2. The van der Waals surface area contributed by atoms with Crippen LogP contribution in [-0.2, 0) is 0 Å². The van der Waals surface area contributed by atoms with Gasteiger partial charge in [-0.15, -0.1) is 0 Å². The van der Waals surface area contributed by atoms with Crippen molar-refractivity contribution in [2.45, 2.75) is 0 Å². The SMILES string of the molecule is O=[N+]([O-])c1cc(C2=NC=NC2)ccc1Cl. The maximum atomic E-state index is 10.6. The summed E-state index contributed by atoms with van der Waals surface area (Å²) in [5, 5.41) is 10.8. The molecule has 0 aliphatic carbocycles. The highest BCUT2D eigenvalue weighted by Gasteiger charge is 2.15. The van der Waals surface area contributed by atoms with Crippen LogP contribution in [0, 0.1) is 10.1 Å². The second-order valence-corrected chi connectivity index (χ2v) is 3.36. The highest BCUT2D eigenvalue weighted by Crippen LogP contribution is 2.25. The second kappa shape index (κ2) is 3.78. The van der Waals surface area contributed by atoms with Crippen LogP contribution < -0.4 is 0 Å². The van der Waals surface area contributed by atoms with Gasteiger partial charge in [-0.1, -0.05) is 17.7 Å². The molecule has 5 nitrogen and oxygen atoms in total. The van der Waals surface area contributed by atoms with E-state index in [9.17, 15) is 10.1 Å². The average Bonchev–Trinajstić information content (AvgIpc) is 2.71. The van der Waals surface area contributed by atoms with E-state index in [1.165, 1.54) is 18.5 Å². The summed E-state index contributed by atoms with van der Waals surface area (Å²) in [7, 11) is 0. The molecule has 0 N–H and O–H groups in total. The van der Waals surface area contributed by atoms with Crippen LogP contribution in [0.4, 0.5) is 5.69 Å². The largest absolute Gasteiger partial charge is 0.288 e. The average molecular weight is 224 g/mol. The summed E-state index contributed by atoms with van der Waals surface area (Å²) >= 11 is 5.69. The van der Waals surface area contributed by atoms with Gasteiger partial charge in [0.05, 0.1) is 17.2 Å². The molecule has 0 saturated carbocycles. The Morgan fingerprint density at radius 2 is 2.27 bits per heavy atom. The van der Waals surface area contributed by atoms with Crippen LogP contribution in [0.15, 0.2) is 28.2 Å². The summed E-state index contributed by atoms with van der Waals surface area (Å²) in [6.07, 6.45) is 1.44. The van der Waals surface area contributed by atoms with Gasteiger partial charge in [-0.05, 0) is 6.07 Å². The Kier molecular flexibility index (Phi) is 2.47. The third kappa shape index (κ3) is 1.87. The van der Waals surface area contributed by atoms with E-state index < -0.39 is 4.92 Å². The summed E-state index contributed by atoms with van der Waals surface area (Å²) in [5.74, 6) is 0. The first-order valence-electron chi connectivity index (χ1n) is 4.18. The summed E-state index contributed by atoms with van der Waals surface area (Å²) in [5.41, 5.74) is 1.29. The molecule has 1 heterocycles. The summed E-state index contributed by atoms with van der Waals surface area (Å²) in [6.45, 7) is 0.457. The molecule has 1 aliphatic heterocycles. The normalized spacial score (nSPS) is 14.1. The molecule has 6 heteroatoms. The van der Waals surface area contributed by atoms with Crippen LogP contribution in [-0.4, -0.2) is 23.5 Å². The van der Waals surface area contributed by atoms with Crippen molar-refractivity contribution in [3.05, 3.63) is 38.9 Å². The van der Waals surface area contributed by atoms with Crippen molar-refractivity contribution in [2.75, 3.05) is 6.54 Å². The Hall–Kier alpha value is -1.75. The molecule has 1 aromatic carbocycles. The lowest BCUT2D eigenvalue weighted by Crippen LogP contribution is -2.02. The van der Waals surface area contributed by atoms with E-state index in [4.69, 9.17) is 11.6 Å². The minimum Gasteiger partial charge on any atom is -0.267 e. The Morgan fingerprint density at radius 3 is 2.87 bits per heavy atom. The fraction of sp³-hybridized carbons (Fsp3) is 0.111. The Balaban J connectivity index is 2.43. The second-order valence-electron chi connectivity index (χ2n) is 2.96. The van der Waals surface area contributed by atoms with Gasteiger partial charge in [-0.3, -0.25) is 15.1 Å². The number of aliphatic imine (C=N–C) groups is 2. The Morgan fingerprint density at radius 1 is 1.47 bits per heavy atom. The highest BCUT2D eigenvalue weighted by molar-refractivity contribution is 6.32. The zero-order chi connectivity index (χ0) is 10.8. The van der Waals surface area contributed by atoms with E-state index >= 15 is 0 Å². The van der Waals surface area contributed by atoms with Crippen molar-refractivity contribution in [3.8, 4) is 0 Å². The van der Waals surface area contributed by atoms with Gasteiger partial charge in [0.15, 0.2) is 0 Å². The number of hydrogen-bond donors (Lipinski definition) is 0. The number of rotatable bonds is 2. The lowest BCUT2D eigenvalue weighted by atomic mass is 10.1. The number of benzene rings is 1. The van der Waals surface area contributed by atoms with E-state index in [1.807, 2.05) is 0 Å². The molecule has 2 rings (SSSR count). The maximum Gasteiger partial charge on any atom is 0.288 e. The van der Waals surface area contributed by atoms with Gasteiger partial charge in [-0.25, -0.2) is 4.99 Å². The van der Waals surface area contributed by atoms with Crippen molar-refractivity contribution in [3.63, 3.8) is 0 Å². The predicted octanol–water partition coefficient (Wildman–Crippen LogP) is 2.08. The van der Waals surface area contributed by atoms with Crippen LogP contribution >= 0.6 is 11.6 Å². The van der Waals surface area contributed by atoms with E-state index in [0.29, 0.717) is 12.1 Å². The standard InChI is InChI=1S/C9H6ClN3O2/c10-7-2-1-6(3-9(7)13(14)15)8-4-11-5-12-8/h1-3,5H,4H2. The molecule has 0 saturated heterocycles. The molecule has 0 bridgehead atoms. The predicted molar refractivity (Wildman–Crippen MR) is 58.0 cm³/mol. The van der Waals surface area contributed by atoms with Crippen LogP contribution in [0.2, 0.25) is 5.02 Å². The molecule has 0 radical (unpaired) electrons. The molecule has 1 aliphatic rings. The molecule has 76 valence electrons. The lowest BCUT2D eigenvalue weighted by Gasteiger charge is -2.00. The van der Waals surface area contributed by atoms with Gasteiger partial charge in [0.2, 0.25) is 0 Å². The zero-order valence-corrected chi connectivity index (χ0v) is 8.31. The van der Waals surface area contributed by atoms with E-state index in [2.05, 4.69) is 9.98 Å². The number of hydrogen-bond acceptors (Lipinski definition) is 4. The minimum absolute atomic E-state index is 0.108. The zero-order valence-electron chi connectivity index (χ0n) is 7.55. The van der Waals surface area contributed by atoms with E-state index in [1.54, 1.807) is 6.07 Å². The van der Waals surface area contributed by atoms with Crippen molar-refractivity contribution in [1.29, 1.82) is 0 Å². The van der Waals surface area contributed by atoms with Gasteiger partial charge in [0.1, 0.15) is 11.4 Å². The lowest BCUT2D eigenvalue weighted by molar-refractivity contribution is -0.384. The monoisotopic (exact) mass is 223 g/mol. The van der Waals surface area contributed by atoms with Crippen LogP contribution in [0.1, 0.15) is 5.56 Å². The summed E-state index contributed by atoms with van der Waals surface area (Å²) in [6, 6.07) is 4.61. The fourth-order valence-electron chi connectivity index (χ4n) is 1.28. The first kappa shape index (κ1) is 9.79. The molecular weight excluding hydrogens is 218 g/mol. The quantitative estimate of drug-likeness (QED) is 0.569. The topological polar surface area (TPSA) is 67.9 Å². The van der Waals surface area contributed by atoms with Crippen molar-refractivity contribution >= 4 is 29.3 Å².